The standard InChI is InChI=1S/C14H29N3O3.HI/c1-3-15-14(16-7-5-9-18-2)17-8-11-19-12-13-6-4-10-20-13;/h13H,3-12H2,1-2H3,(H2,15,16,17);1H. The van der Waals surface area contributed by atoms with Gasteiger partial charge < -0.3 is 24.8 Å². The molecule has 0 aromatic rings. The lowest BCUT2D eigenvalue weighted by Gasteiger charge is -2.13. The molecule has 21 heavy (non-hydrogen) atoms. The van der Waals surface area contributed by atoms with Crippen molar-refractivity contribution in [2.24, 2.45) is 4.99 Å². The van der Waals surface area contributed by atoms with E-state index in [0.29, 0.717) is 19.3 Å². The largest absolute Gasteiger partial charge is 0.385 e. The summed E-state index contributed by atoms with van der Waals surface area (Å²) in [5.41, 5.74) is 0. The second-order valence-electron chi connectivity index (χ2n) is 4.74. The van der Waals surface area contributed by atoms with Gasteiger partial charge in [-0.3, -0.25) is 4.99 Å². The van der Waals surface area contributed by atoms with Crippen LogP contribution in [-0.2, 0) is 14.2 Å². The molecule has 1 rings (SSSR count). The average Bonchev–Trinajstić information content (AvgIpc) is 2.96. The van der Waals surface area contributed by atoms with Gasteiger partial charge in [-0.1, -0.05) is 0 Å². The van der Waals surface area contributed by atoms with Crippen molar-refractivity contribution in [2.45, 2.75) is 32.3 Å². The van der Waals surface area contributed by atoms with Crippen molar-refractivity contribution in [3.63, 3.8) is 0 Å². The van der Waals surface area contributed by atoms with Crippen LogP contribution in [0.15, 0.2) is 4.99 Å². The fourth-order valence-corrected chi connectivity index (χ4v) is 1.97. The van der Waals surface area contributed by atoms with Crippen molar-refractivity contribution in [1.82, 2.24) is 10.6 Å². The summed E-state index contributed by atoms with van der Waals surface area (Å²) in [5, 5.41) is 6.46. The molecule has 1 heterocycles. The van der Waals surface area contributed by atoms with E-state index in [1.807, 2.05) is 0 Å². The highest BCUT2D eigenvalue weighted by atomic mass is 127. The summed E-state index contributed by atoms with van der Waals surface area (Å²) >= 11 is 0. The summed E-state index contributed by atoms with van der Waals surface area (Å²) in [6.07, 6.45) is 3.51. The van der Waals surface area contributed by atoms with Crippen molar-refractivity contribution in [3.05, 3.63) is 0 Å². The summed E-state index contributed by atoms with van der Waals surface area (Å²) in [5.74, 6) is 0.837. The third kappa shape index (κ3) is 11.1. The zero-order chi connectivity index (χ0) is 14.5. The molecule has 0 spiro atoms. The Bertz CT molecular complexity index is 262. The number of methoxy groups -OCH3 is 1. The first kappa shape index (κ1) is 20.9. The van der Waals surface area contributed by atoms with Crippen molar-refractivity contribution >= 4 is 29.9 Å². The van der Waals surface area contributed by atoms with Crippen molar-refractivity contribution in [3.8, 4) is 0 Å². The van der Waals surface area contributed by atoms with E-state index < -0.39 is 0 Å². The number of hydrogen-bond donors (Lipinski definition) is 2. The predicted octanol–water partition coefficient (Wildman–Crippen LogP) is 1.39. The van der Waals surface area contributed by atoms with Crippen molar-refractivity contribution < 1.29 is 14.2 Å². The summed E-state index contributed by atoms with van der Waals surface area (Å²) in [6.45, 7) is 7.42. The maximum Gasteiger partial charge on any atom is 0.191 e. The lowest BCUT2D eigenvalue weighted by atomic mass is 10.2. The minimum atomic E-state index is 0. The van der Waals surface area contributed by atoms with Crippen molar-refractivity contribution in [2.75, 3.05) is 53.2 Å². The van der Waals surface area contributed by atoms with Gasteiger partial charge in [-0.15, -0.1) is 24.0 Å². The molecule has 0 bridgehead atoms. The number of nitrogens with one attached hydrogen (secondary N) is 2. The van der Waals surface area contributed by atoms with Gasteiger partial charge in [-0.25, -0.2) is 0 Å². The monoisotopic (exact) mass is 415 g/mol. The molecule has 0 aliphatic carbocycles. The van der Waals surface area contributed by atoms with Gasteiger partial charge in [-0.05, 0) is 26.2 Å². The van der Waals surface area contributed by atoms with Gasteiger partial charge in [0.15, 0.2) is 5.96 Å². The number of halogens is 1. The fraction of sp³-hybridized carbons (Fsp3) is 0.929. The lowest BCUT2D eigenvalue weighted by Crippen LogP contribution is -2.39. The van der Waals surface area contributed by atoms with Crippen LogP contribution in [0.3, 0.4) is 0 Å². The van der Waals surface area contributed by atoms with E-state index in [1.54, 1.807) is 7.11 Å². The molecular formula is C14H30IN3O3. The molecule has 0 aromatic heterocycles. The summed E-state index contributed by atoms with van der Waals surface area (Å²) in [7, 11) is 1.71. The van der Waals surface area contributed by atoms with Gasteiger partial charge in [0.2, 0.25) is 0 Å². The molecule has 1 saturated heterocycles. The van der Waals surface area contributed by atoms with Crippen LogP contribution >= 0.6 is 24.0 Å². The molecule has 1 unspecified atom stereocenters. The first-order valence-corrected chi connectivity index (χ1v) is 7.57. The molecule has 2 N–H and O–H groups in total. The first-order chi connectivity index (χ1) is 9.86. The van der Waals surface area contributed by atoms with Crippen LogP contribution in [0.2, 0.25) is 0 Å². The number of guanidine groups is 1. The molecule has 0 aromatic carbocycles. The normalized spacial score (nSPS) is 18.4. The van der Waals surface area contributed by atoms with E-state index in [0.717, 1.165) is 58.1 Å². The second-order valence-corrected chi connectivity index (χ2v) is 4.74. The highest BCUT2D eigenvalue weighted by Gasteiger charge is 2.14. The maximum atomic E-state index is 5.60. The Hall–Kier alpha value is -0.120. The summed E-state index contributed by atoms with van der Waals surface area (Å²) < 4.78 is 16.1. The molecule has 0 amide bonds. The van der Waals surface area contributed by atoms with Gasteiger partial charge >= 0.3 is 0 Å². The lowest BCUT2D eigenvalue weighted by molar-refractivity contribution is 0.0191. The molecule has 1 fully saturated rings. The van der Waals surface area contributed by atoms with E-state index in [1.165, 1.54) is 0 Å². The van der Waals surface area contributed by atoms with Gasteiger partial charge in [0.05, 0.1) is 19.3 Å². The SMILES string of the molecule is CCNC(=NCCCOC)NCCOCC1CCCO1.I. The Labute approximate surface area is 145 Å². The van der Waals surface area contributed by atoms with Crippen LogP contribution < -0.4 is 10.6 Å². The van der Waals surface area contributed by atoms with Crippen LogP contribution in [-0.4, -0.2) is 65.2 Å². The summed E-state index contributed by atoms with van der Waals surface area (Å²) in [4.78, 5) is 4.46. The Morgan fingerprint density at radius 3 is 2.86 bits per heavy atom. The maximum absolute atomic E-state index is 5.60. The van der Waals surface area contributed by atoms with Gasteiger partial charge in [0.1, 0.15) is 0 Å². The second kappa shape index (κ2) is 14.8. The third-order valence-corrected chi connectivity index (χ3v) is 2.99. The Kier molecular flexibility index (Phi) is 14.7. The van der Waals surface area contributed by atoms with Crippen LogP contribution in [0.1, 0.15) is 26.2 Å². The highest BCUT2D eigenvalue weighted by Crippen LogP contribution is 2.11. The molecular weight excluding hydrogens is 385 g/mol. The van der Waals surface area contributed by atoms with Crippen molar-refractivity contribution in [1.29, 1.82) is 0 Å². The Morgan fingerprint density at radius 2 is 2.19 bits per heavy atom. The molecule has 0 saturated carbocycles. The quantitative estimate of drug-likeness (QED) is 0.244. The molecule has 1 aliphatic heterocycles. The van der Waals surface area contributed by atoms with Gasteiger partial charge in [0, 0.05) is 40.0 Å². The van der Waals surface area contributed by atoms with Crippen LogP contribution in [0.4, 0.5) is 0 Å². The highest BCUT2D eigenvalue weighted by molar-refractivity contribution is 14.0. The topological polar surface area (TPSA) is 64.1 Å². The number of ether oxygens (including phenoxy) is 3. The first-order valence-electron chi connectivity index (χ1n) is 7.57. The van der Waals surface area contributed by atoms with Gasteiger partial charge in [-0.2, -0.15) is 0 Å². The minimum Gasteiger partial charge on any atom is -0.385 e. The van der Waals surface area contributed by atoms with Gasteiger partial charge in [0.25, 0.3) is 0 Å². The van der Waals surface area contributed by atoms with E-state index in [2.05, 4.69) is 22.5 Å². The molecule has 7 heteroatoms. The fourth-order valence-electron chi connectivity index (χ4n) is 1.97. The Morgan fingerprint density at radius 1 is 1.33 bits per heavy atom. The number of nitrogens with zero attached hydrogens (tertiary/aromatic N) is 1. The summed E-state index contributed by atoms with van der Waals surface area (Å²) in [6, 6.07) is 0. The predicted molar refractivity (Wildman–Crippen MR) is 95.7 cm³/mol. The average molecular weight is 415 g/mol. The molecule has 1 atom stereocenters. The third-order valence-electron chi connectivity index (χ3n) is 2.99. The molecule has 1 aliphatic rings. The number of hydrogen-bond acceptors (Lipinski definition) is 4. The minimum absolute atomic E-state index is 0. The van der Waals surface area contributed by atoms with Crippen LogP contribution in [0, 0.1) is 0 Å². The number of aliphatic imine (C=N–C) groups is 1. The molecule has 126 valence electrons. The molecule has 6 nitrogen and oxygen atoms in total. The van der Waals surface area contributed by atoms with E-state index in [9.17, 15) is 0 Å². The van der Waals surface area contributed by atoms with Crippen LogP contribution in [0.5, 0.6) is 0 Å². The Balaban J connectivity index is 0.00000400. The van der Waals surface area contributed by atoms with E-state index >= 15 is 0 Å². The van der Waals surface area contributed by atoms with E-state index in [4.69, 9.17) is 14.2 Å². The zero-order valence-electron chi connectivity index (χ0n) is 13.2. The van der Waals surface area contributed by atoms with Crippen LogP contribution in [0.25, 0.3) is 0 Å². The molecule has 0 radical (unpaired) electrons. The zero-order valence-corrected chi connectivity index (χ0v) is 15.6. The number of rotatable bonds is 10. The van der Waals surface area contributed by atoms with E-state index in [-0.39, 0.29) is 24.0 Å². The smallest absolute Gasteiger partial charge is 0.191 e.